The first-order valence-electron chi connectivity index (χ1n) is 5.37. The van der Waals surface area contributed by atoms with Gasteiger partial charge in [0, 0.05) is 6.54 Å². The van der Waals surface area contributed by atoms with E-state index in [4.69, 9.17) is 4.74 Å². The molecule has 0 fully saturated rings. The minimum Gasteiger partial charge on any atom is -0.495 e. The molecule has 1 aliphatic rings. The number of ether oxygens (including phenoxy) is 1. The summed E-state index contributed by atoms with van der Waals surface area (Å²) >= 11 is 0. The minimum atomic E-state index is 0.138. The number of rotatable bonds is 2. The second kappa shape index (κ2) is 3.65. The van der Waals surface area contributed by atoms with E-state index < -0.39 is 0 Å². The fraction of sp³-hybridized carbons (Fsp3) is 0.500. The van der Waals surface area contributed by atoms with Gasteiger partial charge in [0.05, 0.1) is 18.3 Å². The Kier molecular flexibility index (Phi) is 2.47. The van der Waals surface area contributed by atoms with Gasteiger partial charge in [0.2, 0.25) is 0 Å². The largest absolute Gasteiger partial charge is 0.495 e. The molecule has 0 radical (unpaired) electrons. The third-order valence-corrected chi connectivity index (χ3v) is 3.12. The molecule has 1 aliphatic heterocycles. The standard InChI is InChI=1S/C12H18N2O/c1-4-12(2)8-13-11-9(14-12)6-5-7-10(11)15-3/h5-7,13-14H,4,8H2,1-3H3. The van der Waals surface area contributed by atoms with Crippen molar-refractivity contribution in [3.63, 3.8) is 0 Å². The average Bonchev–Trinajstić information content (AvgIpc) is 2.28. The summed E-state index contributed by atoms with van der Waals surface area (Å²) < 4.78 is 5.31. The van der Waals surface area contributed by atoms with Crippen LogP contribution in [0.3, 0.4) is 0 Å². The van der Waals surface area contributed by atoms with E-state index in [2.05, 4.69) is 30.5 Å². The second-order valence-corrected chi connectivity index (χ2v) is 4.28. The summed E-state index contributed by atoms with van der Waals surface area (Å²) in [4.78, 5) is 0. The van der Waals surface area contributed by atoms with Crippen LogP contribution in [0.2, 0.25) is 0 Å². The molecule has 1 aromatic rings. The Hall–Kier alpha value is -1.38. The molecule has 0 aliphatic carbocycles. The van der Waals surface area contributed by atoms with Crippen molar-refractivity contribution in [2.75, 3.05) is 24.3 Å². The van der Waals surface area contributed by atoms with Gasteiger partial charge in [-0.1, -0.05) is 13.0 Å². The molecule has 0 saturated heterocycles. The van der Waals surface area contributed by atoms with Gasteiger partial charge < -0.3 is 15.4 Å². The van der Waals surface area contributed by atoms with E-state index in [1.807, 2.05) is 12.1 Å². The Morgan fingerprint density at radius 1 is 1.47 bits per heavy atom. The van der Waals surface area contributed by atoms with Crippen LogP contribution in [0, 0.1) is 0 Å². The highest BCUT2D eigenvalue weighted by atomic mass is 16.5. The Balaban J connectivity index is 2.35. The van der Waals surface area contributed by atoms with Crippen molar-refractivity contribution in [3.05, 3.63) is 18.2 Å². The molecular formula is C12H18N2O. The zero-order valence-corrected chi connectivity index (χ0v) is 9.55. The molecule has 15 heavy (non-hydrogen) atoms. The van der Waals surface area contributed by atoms with Crippen LogP contribution >= 0.6 is 0 Å². The zero-order valence-electron chi connectivity index (χ0n) is 9.55. The minimum absolute atomic E-state index is 0.138. The molecular weight excluding hydrogens is 188 g/mol. The molecule has 2 N–H and O–H groups in total. The first-order valence-corrected chi connectivity index (χ1v) is 5.37. The van der Waals surface area contributed by atoms with E-state index in [1.165, 1.54) is 0 Å². The summed E-state index contributed by atoms with van der Waals surface area (Å²) in [5.74, 6) is 0.901. The third kappa shape index (κ3) is 1.74. The summed E-state index contributed by atoms with van der Waals surface area (Å²) in [6.45, 7) is 5.35. The van der Waals surface area contributed by atoms with Crippen molar-refractivity contribution in [2.45, 2.75) is 25.8 Å². The molecule has 0 amide bonds. The normalized spacial score (nSPS) is 23.7. The Labute approximate surface area is 90.8 Å². The van der Waals surface area contributed by atoms with Gasteiger partial charge in [0.1, 0.15) is 11.4 Å². The number of benzene rings is 1. The molecule has 0 aromatic heterocycles. The summed E-state index contributed by atoms with van der Waals surface area (Å²) in [5.41, 5.74) is 2.34. The number of methoxy groups -OCH3 is 1. The molecule has 1 atom stereocenters. The van der Waals surface area contributed by atoms with Crippen LogP contribution in [0.5, 0.6) is 5.75 Å². The first-order chi connectivity index (χ1) is 7.18. The highest BCUT2D eigenvalue weighted by Crippen LogP contribution is 2.38. The number of nitrogens with one attached hydrogen (secondary N) is 2. The molecule has 82 valence electrons. The van der Waals surface area contributed by atoms with Crippen molar-refractivity contribution in [2.24, 2.45) is 0 Å². The molecule has 0 saturated carbocycles. The van der Waals surface area contributed by atoms with E-state index in [1.54, 1.807) is 7.11 Å². The predicted molar refractivity (Wildman–Crippen MR) is 63.8 cm³/mol. The smallest absolute Gasteiger partial charge is 0.144 e. The molecule has 1 aromatic carbocycles. The average molecular weight is 206 g/mol. The molecule has 2 rings (SSSR count). The Morgan fingerprint density at radius 2 is 2.27 bits per heavy atom. The SMILES string of the molecule is CCC1(C)CNc2c(cccc2OC)N1. The van der Waals surface area contributed by atoms with E-state index in [0.717, 1.165) is 30.1 Å². The Bertz CT molecular complexity index is 365. The Morgan fingerprint density at radius 3 is 2.93 bits per heavy atom. The maximum Gasteiger partial charge on any atom is 0.144 e. The van der Waals surface area contributed by atoms with Gasteiger partial charge in [0.15, 0.2) is 0 Å². The van der Waals surface area contributed by atoms with Gasteiger partial charge in [-0.15, -0.1) is 0 Å². The summed E-state index contributed by atoms with van der Waals surface area (Å²) in [6.07, 6.45) is 1.09. The van der Waals surface area contributed by atoms with Gasteiger partial charge in [-0.3, -0.25) is 0 Å². The highest BCUT2D eigenvalue weighted by molar-refractivity contribution is 5.78. The van der Waals surface area contributed by atoms with Crippen LogP contribution in [-0.2, 0) is 0 Å². The topological polar surface area (TPSA) is 33.3 Å². The maximum atomic E-state index is 5.31. The molecule has 0 spiro atoms. The lowest BCUT2D eigenvalue weighted by Crippen LogP contribution is -2.44. The van der Waals surface area contributed by atoms with Crippen LogP contribution in [0.15, 0.2) is 18.2 Å². The lowest BCUT2D eigenvalue weighted by Gasteiger charge is -2.37. The van der Waals surface area contributed by atoms with Gasteiger partial charge in [-0.25, -0.2) is 0 Å². The number of hydrogen-bond donors (Lipinski definition) is 2. The predicted octanol–water partition coefficient (Wildman–Crippen LogP) is 2.70. The second-order valence-electron chi connectivity index (χ2n) is 4.28. The van der Waals surface area contributed by atoms with Crippen LogP contribution in [0.4, 0.5) is 11.4 Å². The molecule has 1 heterocycles. The van der Waals surface area contributed by atoms with Crippen molar-refractivity contribution in [3.8, 4) is 5.75 Å². The summed E-state index contributed by atoms with van der Waals surface area (Å²) in [7, 11) is 1.70. The summed E-state index contributed by atoms with van der Waals surface area (Å²) in [6, 6.07) is 6.06. The number of para-hydroxylation sites is 1. The van der Waals surface area contributed by atoms with Gasteiger partial charge in [0.25, 0.3) is 0 Å². The molecule has 1 unspecified atom stereocenters. The van der Waals surface area contributed by atoms with Gasteiger partial charge >= 0.3 is 0 Å². The zero-order chi connectivity index (χ0) is 10.9. The lowest BCUT2D eigenvalue weighted by molar-refractivity contribution is 0.414. The highest BCUT2D eigenvalue weighted by Gasteiger charge is 2.28. The fourth-order valence-corrected chi connectivity index (χ4v) is 1.85. The van der Waals surface area contributed by atoms with Crippen molar-refractivity contribution >= 4 is 11.4 Å². The van der Waals surface area contributed by atoms with Crippen molar-refractivity contribution < 1.29 is 4.74 Å². The number of hydrogen-bond acceptors (Lipinski definition) is 3. The van der Waals surface area contributed by atoms with Gasteiger partial charge in [-0.05, 0) is 25.5 Å². The summed E-state index contributed by atoms with van der Waals surface area (Å²) in [5, 5.41) is 6.99. The maximum absolute atomic E-state index is 5.31. The van der Waals surface area contributed by atoms with Crippen LogP contribution in [0.1, 0.15) is 20.3 Å². The van der Waals surface area contributed by atoms with E-state index in [9.17, 15) is 0 Å². The first kappa shape index (κ1) is 10.1. The van der Waals surface area contributed by atoms with Crippen LogP contribution in [0.25, 0.3) is 0 Å². The number of fused-ring (bicyclic) bond motifs is 1. The molecule has 0 bridgehead atoms. The lowest BCUT2D eigenvalue weighted by atomic mass is 9.95. The van der Waals surface area contributed by atoms with Gasteiger partial charge in [-0.2, -0.15) is 0 Å². The van der Waals surface area contributed by atoms with Crippen LogP contribution < -0.4 is 15.4 Å². The van der Waals surface area contributed by atoms with Crippen molar-refractivity contribution in [1.29, 1.82) is 0 Å². The van der Waals surface area contributed by atoms with E-state index in [0.29, 0.717) is 0 Å². The van der Waals surface area contributed by atoms with Crippen LogP contribution in [-0.4, -0.2) is 19.2 Å². The molecule has 3 heteroatoms. The van der Waals surface area contributed by atoms with E-state index >= 15 is 0 Å². The molecule has 3 nitrogen and oxygen atoms in total. The number of anilines is 2. The fourth-order valence-electron chi connectivity index (χ4n) is 1.85. The third-order valence-electron chi connectivity index (χ3n) is 3.12. The quantitative estimate of drug-likeness (QED) is 0.780. The van der Waals surface area contributed by atoms with Crippen molar-refractivity contribution in [1.82, 2.24) is 0 Å². The monoisotopic (exact) mass is 206 g/mol. The van der Waals surface area contributed by atoms with E-state index in [-0.39, 0.29) is 5.54 Å².